The molecule has 2 N–H and O–H groups in total. The number of nitrogens with zero attached hydrogens (tertiary/aromatic N) is 1. The monoisotopic (exact) mass is 357 g/mol. The lowest BCUT2D eigenvalue weighted by atomic mass is 10.0. The number of carbonyl (C=O) groups excluding carboxylic acids is 1. The minimum absolute atomic E-state index is 0.0135. The highest BCUT2D eigenvalue weighted by molar-refractivity contribution is 5.83. The van der Waals surface area contributed by atoms with Crippen molar-refractivity contribution in [1.82, 2.24) is 15.2 Å². The largest absolute Gasteiger partial charge is 0.358 e. The summed E-state index contributed by atoms with van der Waals surface area (Å²) in [5.74, 6) is -0.481. The molecule has 0 saturated heterocycles. The average Bonchev–Trinajstić information content (AvgIpc) is 3.11. The van der Waals surface area contributed by atoms with E-state index >= 15 is 0 Å². The molecule has 5 nitrogen and oxygen atoms in total. The zero-order valence-corrected chi connectivity index (χ0v) is 15.0. The van der Waals surface area contributed by atoms with Crippen molar-refractivity contribution in [2.24, 2.45) is 0 Å². The number of hydrogen-bond acceptors (Lipinski definition) is 3. The molecule has 0 radical (unpaired) electrons. The first-order chi connectivity index (χ1) is 12.5. The number of hydrogen-bond donors (Lipinski definition) is 2. The Labute approximate surface area is 151 Å². The molecule has 6 heteroatoms. The maximum absolute atomic E-state index is 14.2. The zero-order chi connectivity index (χ0) is 18.3. The van der Waals surface area contributed by atoms with Gasteiger partial charge >= 0.3 is 0 Å². The molecule has 1 aromatic heterocycles. The van der Waals surface area contributed by atoms with E-state index in [4.69, 9.17) is 0 Å². The van der Waals surface area contributed by atoms with Gasteiger partial charge < -0.3 is 10.3 Å². The average molecular weight is 357 g/mol. The van der Waals surface area contributed by atoms with Gasteiger partial charge in [0.2, 0.25) is 5.91 Å². The summed E-state index contributed by atoms with van der Waals surface area (Å²) >= 11 is 0. The number of halogens is 1. The van der Waals surface area contributed by atoms with Crippen LogP contribution in [0.5, 0.6) is 0 Å². The van der Waals surface area contributed by atoms with Crippen LogP contribution < -0.4 is 10.7 Å². The van der Waals surface area contributed by atoms with Gasteiger partial charge in [-0.15, -0.1) is 0 Å². The fourth-order valence-electron chi connectivity index (χ4n) is 4.21. The Kier molecular flexibility index (Phi) is 4.53. The van der Waals surface area contributed by atoms with E-state index in [-0.39, 0.29) is 23.3 Å². The van der Waals surface area contributed by atoms with E-state index < -0.39 is 5.82 Å². The summed E-state index contributed by atoms with van der Waals surface area (Å²) < 4.78 is 14.2. The molecule has 4 rings (SSSR count). The Bertz CT molecular complexity index is 915. The van der Waals surface area contributed by atoms with Crippen LogP contribution in [0.4, 0.5) is 4.39 Å². The van der Waals surface area contributed by atoms with Crippen molar-refractivity contribution in [3.05, 3.63) is 45.0 Å². The highest BCUT2D eigenvalue weighted by Crippen LogP contribution is 2.22. The van der Waals surface area contributed by atoms with Gasteiger partial charge in [0.1, 0.15) is 5.82 Å². The number of amides is 1. The molecule has 138 valence electrons. The van der Waals surface area contributed by atoms with Gasteiger partial charge in [0.25, 0.3) is 0 Å². The first-order valence-corrected chi connectivity index (χ1v) is 9.37. The molecule has 1 saturated carbocycles. The first kappa shape index (κ1) is 17.2. The lowest BCUT2D eigenvalue weighted by molar-refractivity contribution is -0.123. The number of nitrogens with one attached hydrogen (secondary N) is 2. The van der Waals surface area contributed by atoms with E-state index in [0.29, 0.717) is 36.6 Å². The van der Waals surface area contributed by atoms with Gasteiger partial charge in [-0.2, -0.15) is 0 Å². The topological polar surface area (TPSA) is 65.2 Å². The molecule has 1 amide bonds. The minimum Gasteiger partial charge on any atom is -0.358 e. The molecule has 2 aliphatic rings. The quantitative estimate of drug-likeness (QED) is 0.887. The molecule has 0 bridgehead atoms. The summed E-state index contributed by atoms with van der Waals surface area (Å²) in [6, 6.07) is 3.32. The molecule has 1 aliphatic carbocycles. The summed E-state index contributed by atoms with van der Waals surface area (Å²) in [7, 11) is 0. The van der Waals surface area contributed by atoms with Crippen molar-refractivity contribution in [3.8, 4) is 0 Å². The van der Waals surface area contributed by atoms with Gasteiger partial charge in [0.15, 0.2) is 5.43 Å². The maximum atomic E-state index is 14.2. The number of aryl methyl sites for hydroxylation is 1. The van der Waals surface area contributed by atoms with E-state index in [2.05, 4.69) is 10.3 Å². The van der Waals surface area contributed by atoms with Crippen molar-refractivity contribution in [1.29, 1.82) is 0 Å². The van der Waals surface area contributed by atoms with E-state index in [1.807, 2.05) is 11.8 Å². The van der Waals surface area contributed by atoms with Crippen molar-refractivity contribution in [3.63, 3.8) is 0 Å². The van der Waals surface area contributed by atoms with Gasteiger partial charge in [-0.1, -0.05) is 18.9 Å². The summed E-state index contributed by atoms with van der Waals surface area (Å²) in [4.78, 5) is 30.4. The Hall–Kier alpha value is -2.21. The normalized spacial score (nSPS) is 18.2. The number of fused-ring (bicyclic) bond motifs is 2. The number of carbonyl (C=O) groups is 1. The fourth-order valence-corrected chi connectivity index (χ4v) is 4.21. The first-order valence-electron chi connectivity index (χ1n) is 9.37. The summed E-state index contributed by atoms with van der Waals surface area (Å²) in [6.07, 6.45) is 5.12. The standard InChI is InChI=1S/C20H24FN3O2/c1-12-6-7-15(21)18-19(12)23-16-8-9-24(10-14(16)20(18)26)11-17(25)22-13-4-2-3-5-13/h6-7,13H,2-5,8-11H2,1H3,(H,22,25)(H,23,26). The highest BCUT2D eigenvalue weighted by Gasteiger charge is 2.25. The zero-order valence-electron chi connectivity index (χ0n) is 15.0. The van der Waals surface area contributed by atoms with E-state index in [1.165, 1.54) is 18.9 Å². The van der Waals surface area contributed by atoms with Crippen LogP contribution in [0.25, 0.3) is 10.9 Å². The third-order valence-corrected chi connectivity index (χ3v) is 5.65. The van der Waals surface area contributed by atoms with Crippen molar-refractivity contribution >= 4 is 16.8 Å². The fraction of sp³-hybridized carbons (Fsp3) is 0.500. The summed E-state index contributed by atoms with van der Waals surface area (Å²) in [5.41, 5.74) is 2.64. The Morgan fingerprint density at radius 2 is 2.12 bits per heavy atom. The van der Waals surface area contributed by atoms with E-state index in [9.17, 15) is 14.0 Å². The SMILES string of the molecule is Cc1ccc(F)c2c(=O)c3c([nH]c12)CCN(CC(=O)NC1CCCC1)C3. The third-order valence-electron chi connectivity index (χ3n) is 5.65. The predicted octanol–water partition coefficient (Wildman–Crippen LogP) is 2.39. The summed E-state index contributed by atoms with van der Waals surface area (Å²) in [6.45, 7) is 3.24. The second-order valence-corrected chi connectivity index (χ2v) is 7.54. The Morgan fingerprint density at radius 1 is 1.35 bits per heavy atom. The van der Waals surface area contributed by atoms with Crippen LogP contribution in [0.3, 0.4) is 0 Å². The highest BCUT2D eigenvalue weighted by atomic mass is 19.1. The molecule has 0 unspecified atom stereocenters. The number of aromatic amines is 1. The smallest absolute Gasteiger partial charge is 0.234 e. The lowest BCUT2D eigenvalue weighted by Gasteiger charge is -2.28. The van der Waals surface area contributed by atoms with Crippen LogP contribution >= 0.6 is 0 Å². The van der Waals surface area contributed by atoms with Crippen LogP contribution in [0.15, 0.2) is 16.9 Å². The number of benzene rings is 1. The van der Waals surface area contributed by atoms with Crippen LogP contribution in [0.1, 0.15) is 42.5 Å². The van der Waals surface area contributed by atoms with Crippen LogP contribution in [-0.4, -0.2) is 34.9 Å². The Morgan fingerprint density at radius 3 is 2.88 bits per heavy atom. The van der Waals surface area contributed by atoms with Crippen molar-refractivity contribution < 1.29 is 9.18 Å². The molecule has 1 aromatic carbocycles. The Balaban J connectivity index is 1.56. The van der Waals surface area contributed by atoms with E-state index in [0.717, 1.165) is 24.1 Å². The van der Waals surface area contributed by atoms with Gasteiger partial charge in [0, 0.05) is 36.8 Å². The molecule has 0 spiro atoms. The van der Waals surface area contributed by atoms with Crippen LogP contribution in [-0.2, 0) is 17.8 Å². The molecule has 1 aliphatic heterocycles. The molecule has 2 heterocycles. The van der Waals surface area contributed by atoms with Gasteiger partial charge in [-0.05, 0) is 31.4 Å². The second-order valence-electron chi connectivity index (χ2n) is 7.54. The minimum atomic E-state index is -0.495. The van der Waals surface area contributed by atoms with Crippen LogP contribution in [0, 0.1) is 12.7 Å². The van der Waals surface area contributed by atoms with Crippen molar-refractivity contribution in [2.45, 2.75) is 51.6 Å². The number of pyridine rings is 1. The lowest BCUT2D eigenvalue weighted by Crippen LogP contribution is -2.44. The second kappa shape index (κ2) is 6.83. The molecule has 26 heavy (non-hydrogen) atoms. The van der Waals surface area contributed by atoms with Crippen LogP contribution in [0.2, 0.25) is 0 Å². The van der Waals surface area contributed by atoms with E-state index in [1.54, 1.807) is 6.07 Å². The summed E-state index contributed by atoms with van der Waals surface area (Å²) in [5, 5.41) is 3.21. The molecular weight excluding hydrogens is 333 g/mol. The number of H-pyrrole nitrogens is 1. The molecule has 1 fully saturated rings. The van der Waals surface area contributed by atoms with Crippen molar-refractivity contribution in [2.75, 3.05) is 13.1 Å². The van der Waals surface area contributed by atoms with Gasteiger partial charge in [-0.3, -0.25) is 14.5 Å². The molecule has 2 aromatic rings. The molecular formula is C20H24FN3O2. The number of aromatic nitrogens is 1. The number of rotatable bonds is 3. The van der Waals surface area contributed by atoms with Gasteiger partial charge in [0.05, 0.1) is 17.4 Å². The van der Waals surface area contributed by atoms with Gasteiger partial charge in [-0.25, -0.2) is 4.39 Å². The predicted molar refractivity (Wildman–Crippen MR) is 98.6 cm³/mol. The third kappa shape index (κ3) is 3.14. The molecule has 0 atom stereocenters. The maximum Gasteiger partial charge on any atom is 0.234 e.